The molecular formula is C26H13F4NS3. The van der Waals surface area contributed by atoms with Crippen LogP contribution in [0, 0.1) is 47.0 Å². The lowest BCUT2D eigenvalue weighted by Crippen LogP contribution is -1.94. The van der Waals surface area contributed by atoms with Gasteiger partial charge in [-0.15, -0.1) is 22.7 Å². The van der Waals surface area contributed by atoms with Gasteiger partial charge in [0.1, 0.15) is 17.3 Å². The van der Waals surface area contributed by atoms with Crippen molar-refractivity contribution in [2.45, 2.75) is 19.8 Å². The molecule has 0 N–H and O–H groups in total. The van der Waals surface area contributed by atoms with Gasteiger partial charge in [-0.3, -0.25) is 0 Å². The first-order valence-corrected chi connectivity index (χ1v) is 12.0. The number of hydrogen-bond acceptors (Lipinski definition) is 4. The molecule has 4 aromatic rings. The van der Waals surface area contributed by atoms with E-state index in [0.717, 1.165) is 28.0 Å². The number of benzene rings is 2. The fraction of sp³-hybridized carbons (Fsp3) is 0.115. The average Bonchev–Trinajstić information content (AvgIpc) is 3.33. The second-order valence-electron chi connectivity index (χ2n) is 7.13. The van der Waals surface area contributed by atoms with E-state index < -0.39 is 29.0 Å². The minimum absolute atomic E-state index is 0.163. The minimum atomic E-state index is -0.870. The maximum absolute atomic E-state index is 14.3. The van der Waals surface area contributed by atoms with E-state index in [0.29, 0.717) is 21.7 Å². The summed E-state index contributed by atoms with van der Waals surface area (Å²) in [6.07, 6.45) is 1.40. The van der Waals surface area contributed by atoms with E-state index in [4.69, 9.17) is 0 Å². The number of hydrogen-bond donors (Lipinski definition) is 0. The monoisotopic (exact) mass is 511 g/mol. The molecule has 168 valence electrons. The van der Waals surface area contributed by atoms with Crippen LogP contribution in [0.25, 0.3) is 9.40 Å². The van der Waals surface area contributed by atoms with E-state index in [1.54, 1.807) is 0 Å². The molecular weight excluding hydrogens is 498 g/mol. The average molecular weight is 512 g/mol. The topological polar surface area (TPSA) is 12.4 Å². The van der Waals surface area contributed by atoms with Gasteiger partial charge in [0.15, 0.2) is 11.6 Å². The molecule has 0 aliphatic carbocycles. The Bertz CT molecular complexity index is 1510. The van der Waals surface area contributed by atoms with Crippen LogP contribution < -0.4 is 0 Å². The largest absolute Gasteiger partial charge is 0.206 e. The van der Waals surface area contributed by atoms with Gasteiger partial charge in [0.2, 0.25) is 0 Å². The van der Waals surface area contributed by atoms with Crippen LogP contribution in [0.4, 0.5) is 23.2 Å². The first kappa shape index (κ1) is 23.9. The quantitative estimate of drug-likeness (QED) is 0.117. The molecule has 0 aliphatic rings. The Balaban J connectivity index is 1.56. The zero-order valence-corrected chi connectivity index (χ0v) is 20.0. The SMILES string of the molecule is CCCc1cc(F)c(C#Cc2cc3sc(C#Cc4cc(F)c(N=C=S)c(F)c4)cc3s2)c(F)c1. The predicted octanol–water partition coefficient (Wildman–Crippen LogP) is 8.01. The molecule has 0 aliphatic heterocycles. The molecule has 0 spiro atoms. The molecule has 8 heteroatoms. The third-order valence-corrected chi connectivity index (χ3v) is 6.88. The smallest absolute Gasteiger partial charge is 0.153 e. The van der Waals surface area contributed by atoms with Gasteiger partial charge in [0.25, 0.3) is 0 Å². The van der Waals surface area contributed by atoms with Crippen LogP contribution in [0.1, 0.15) is 39.8 Å². The molecule has 4 rings (SSSR count). The Morgan fingerprint density at radius 1 is 0.765 bits per heavy atom. The number of isothiocyanates is 1. The number of aryl methyl sites for hydroxylation is 1. The number of rotatable bonds is 3. The summed E-state index contributed by atoms with van der Waals surface area (Å²) < 4.78 is 58.2. The lowest BCUT2D eigenvalue weighted by Gasteiger charge is -2.02. The fourth-order valence-electron chi connectivity index (χ4n) is 3.19. The van der Waals surface area contributed by atoms with Crippen molar-refractivity contribution >= 4 is 55.1 Å². The molecule has 0 fully saturated rings. The summed E-state index contributed by atoms with van der Waals surface area (Å²) in [7, 11) is 0. The van der Waals surface area contributed by atoms with Crippen LogP contribution in [-0.2, 0) is 6.42 Å². The molecule has 0 radical (unpaired) electrons. The normalized spacial score (nSPS) is 10.3. The molecule has 0 saturated carbocycles. The number of fused-ring (bicyclic) bond motifs is 1. The zero-order valence-electron chi connectivity index (χ0n) is 17.6. The highest BCUT2D eigenvalue weighted by atomic mass is 32.1. The van der Waals surface area contributed by atoms with Crippen molar-refractivity contribution in [3.8, 4) is 23.7 Å². The van der Waals surface area contributed by atoms with E-state index >= 15 is 0 Å². The maximum Gasteiger partial charge on any atom is 0.153 e. The molecule has 0 atom stereocenters. The molecule has 0 unspecified atom stereocenters. The summed E-state index contributed by atoms with van der Waals surface area (Å²) in [5.74, 6) is 7.98. The second-order valence-corrected chi connectivity index (χ2v) is 9.48. The molecule has 0 saturated heterocycles. The van der Waals surface area contributed by atoms with Crippen LogP contribution in [0.5, 0.6) is 0 Å². The van der Waals surface area contributed by atoms with Gasteiger partial charge in [0.05, 0.1) is 20.5 Å². The summed E-state index contributed by atoms with van der Waals surface area (Å²) >= 11 is 7.13. The summed E-state index contributed by atoms with van der Waals surface area (Å²) in [5, 5.41) is 1.94. The highest BCUT2D eigenvalue weighted by Crippen LogP contribution is 2.33. The lowest BCUT2D eigenvalue weighted by molar-refractivity contribution is 0.573. The highest BCUT2D eigenvalue weighted by molar-refractivity contribution is 7.78. The molecule has 0 amide bonds. The van der Waals surface area contributed by atoms with Crippen LogP contribution in [0.3, 0.4) is 0 Å². The molecule has 34 heavy (non-hydrogen) atoms. The molecule has 2 aromatic carbocycles. The van der Waals surface area contributed by atoms with E-state index in [1.807, 2.05) is 24.2 Å². The van der Waals surface area contributed by atoms with Crippen LogP contribution in [0.2, 0.25) is 0 Å². The van der Waals surface area contributed by atoms with Crippen molar-refractivity contribution < 1.29 is 17.6 Å². The van der Waals surface area contributed by atoms with Crippen LogP contribution in [0.15, 0.2) is 41.4 Å². The first-order chi connectivity index (χ1) is 16.4. The van der Waals surface area contributed by atoms with Crippen molar-refractivity contribution in [1.82, 2.24) is 0 Å². The lowest BCUT2D eigenvalue weighted by atomic mass is 10.1. The van der Waals surface area contributed by atoms with Crippen molar-refractivity contribution in [3.05, 3.63) is 86.1 Å². The standard InChI is InChI=1S/C26H13F4NS3/c1-2-3-15-8-20(27)19(21(28)9-15)7-6-18-13-25-24(34-18)12-17(33-25)5-4-16-10-22(29)26(31-14-32)23(30)11-16/h8-13H,2-3H2,1H3. The number of nitrogens with zero attached hydrogens (tertiary/aromatic N) is 1. The van der Waals surface area contributed by atoms with Crippen LogP contribution in [-0.4, -0.2) is 5.16 Å². The first-order valence-electron chi connectivity index (χ1n) is 10.00. The Hall–Kier alpha value is -3.26. The minimum Gasteiger partial charge on any atom is -0.206 e. The third-order valence-electron chi connectivity index (χ3n) is 4.66. The van der Waals surface area contributed by atoms with Gasteiger partial charge in [-0.25, -0.2) is 17.6 Å². The van der Waals surface area contributed by atoms with E-state index in [1.165, 1.54) is 34.8 Å². The van der Waals surface area contributed by atoms with Crippen molar-refractivity contribution in [1.29, 1.82) is 0 Å². The van der Waals surface area contributed by atoms with Gasteiger partial charge in [-0.2, -0.15) is 4.99 Å². The van der Waals surface area contributed by atoms with E-state index in [9.17, 15) is 17.6 Å². The van der Waals surface area contributed by atoms with E-state index in [2.05, 4.69) is 40.9 Å². The highest BCUT2D eigenvalue weighted by Gasteiger charge is 2.11. The second kappa shape index (κ2) is 10.3. The van der Waals surface area contributed by atoms with Gasteiger partial charge in [-0.05, 0) is 60.6 Å². The number of halogens is 4. The van der Waals surface area contributed by atoms with Gasteiger partial charge in [-0.1, -0.05) is 37.0 Å². The van der Waals surface area contributed by atoms with Gasteiger partial charge in [0, 0.05) is 15.0 Å². The number of thiocarbonyl (C=S) groups is 1. The summed E-state index contributed by atoms with van der Waals surface area (Å²) in [6.45, 7) is 1.94. The number of aliphatic imine (C=N–C) groups is 1. The fourth-order valence-corrected chi connectivity index (χ4v) is 5.38. The molecule has 1 nitrogen and oxygen atoms in total. The molecule has 2 heterocycles. The summed E-state index contributed by atoms with van der Waals surface area (Å²) in [4.78, 5) is 4.73. The Labute approximate surface area is 206 Å². The number of thiophene rings is 2. The predicted molar refractivity (Wildman–Crippen MR) is 133 cm³/mol. The van der Waals surface area contributed by atoms with Crippen LogP contribution >= 0.6 is 34.9 Å². The Kier molecular flexibility index (Phi) is 7.26. The van der Waals surface area contributed by atoms with Crippen molar-refractivity contribution in [3.63, 3.8) is 0 Å². The summed E-state index contributed by atoms with van der Waals surface area (Å²) in [5.41, 5.74) is 0.0290. The van der Waals surface area contributed by atoms with Crippen molar-refractivity contribution in [2.75, 3.05) is 0 Å². The van der Waals surface area contributed by atoms with Gasteiger partial charge >= 0.3 is 0 Å². The third kappa shape index (κ3) is 5.28. The Morgan fingerprint density at radius 2 is 1.32 bits per heavy atom. The van der Waals surface area contributed by atoms with Gasteiger partial charge < -0.3 is 0 Å². The van der Waals surface area contributed by atoms with Crippen molar-refractivity contribution in [2.24, 2.45) is 4.99 Å². The maximum atomic E-state index is 14.3. The Morgan fingerprint density at radius 3 is 1.85 bits per heavy atom. The zero-order chi connectivity index (χ0) is 24.2. The van der Waals surface area contributed by atoms with E-state index in [-0.39, 0.29) is 11.1 Å². The molecule has 2 aromatic heterocycles. The molecule has 0 bridgehead atoms. The summed E-state index contributed by atoms with van der Waals surface area (Å²) in [6, 6.07) is 8.47.